The van der Waals surface area contributed by atoms with Crippen LogP contribution in [-0.4, -0.2) is 36.7 Å². The summed E-state index contributed by atoms with van der Waals surface area (Å²) in [4.78, 5) is 29.3. The van der Waals surface area contributed by atoms with Gasteiger partial charge in [0.05, 0.1) is 0 Å². The molecule has 0 saturated carbocycles. The minimum Gasteiger partial charge on any atom is -0.481 e. The highest BCUT2D eigenvalue weighted by Crippen LogP contribution is 1.78. The number of hydrogen-bond donors (Lipinski definition) is 1. The number of carboxylic acid groups (broad SMARTS) is 1. The van der Waals surface area contributed by atoms with Crippen LogP contribution in [0.3, 0.4) is 0 Å². The zero-order valence-electron chi connectivity index (χ0n) is 7.70. The van der Waals surface area contributed by atoms with Gasteiger partial charge in [0.2, 0.25) is 0 Å². The van der Waals surface area contributed by atoms with Gasteiger partial charge in [-0.15, -0.1) is 0 Å². The van der Waals surface area contributed by atoms with E-state index in [2.05, 4.69) is 9.47 Å². The van der Waals surface area contributed by atoms with Crippen molar-refractivity contribution in [1.82, 2.24) is 0 Å². The molecule has 0 aromatic carbocycles. The van der Waals surface area contributed by atoms with Crippen LogP contribution in [0, 0.1) is 0 Å². The molecule has 0 aromatic heterocycles. The first-order chi connectivity index (χ1) is 5.90. The van der Waals surface area contributed by atoms with E-state index in [0.29, 0.717) is 0 Å². The molecule has 0 amide bonds. The normalized spacial score (nSPS) is 7.92. The molecule has 6 heteroatoms. The Morgan fingerprint density at radius 1 is 1.23 bits per heavy atom. The molecule has 76 valence electrons. The van der Waals surface area contributed by atoms with Gasteiger partial charge >= 0.3 is 11.9 Å². The summed E-state index contributed by atoms with van der Waals surface area (Å²) >= 11 is 0. The molecule has 0 atom stereocenters. The van der Waals surface area contributed by atoms with Crippen molar-refractivity contribution < 1.29 is 29.0 Å². The summed E-state index contributed by atoms with van der Waals surface area (Å²) in [5, 5.41) is 7.42. The number of rotatable bonds is 2. The Morgan fingerprint density at radius 2 is 1.62 bits per heavy atom. The number of ether oxygens (including phenoxy) is 2. The molecule has 0 rings (SSSR count). The average molecular weight is 192 g/mol. The van der Waals surface area contributed by atoms with Gasteiger partial charge in [0.25, 0.3) is 5.97 Å². The van der Waals surface area contributed by atoms with E-state index in [1.54, 1.807) is 0 Å². The molecule has 0 aliphatic carbocycles. The fourth-order valence-corrected chi connectivity index (χ4v) is 0.308. The summed E-state index contributed by atoms with van der Waals surface area (Å²) in [5.41, 5.74) is 0. The van der Waals surface area contributed by atoms with Crippen LogP contribution in [0.4, 0.5) is 0 Å². The van der Waals surface area contributed by atoms with Crippen molar-refractivity contribution in [2.45, 2.75) is 13.8 Å². The largest absolute Gasteiger partial charge is 0.481 e. The van der Waals surface area contributed by atoms with E-state index < -0.39 is 17.9 Å². The first-order valence-electron chi connectivity index (χ1n) is 3.29. The number of hydrogen-bond acceptors (Lipinski definition) is 5. The standard InChI is InChI=1S/C5H8O4.C2H4O2/c1-4(6)9-5(7)3-8-2;1-2(3)4/h3H2,1-2H3;1H3,(H,3,4). The third-order valence-electron chi connectivity index (χ3n) is 0.520. The van der Waals surface area contributed by atoms with Crippen LogP contribution in [0.5, 0.6) is 0 Å². The highest BCUT2D eigenvalue weighted by Gasteiger charge is 2.02. The Kier molecular flexibility index (Phi) is 9.41. The molecule has 0 aromatic rings. The predicted octanol–water partition coefficient (Wildman–Crippen LogP) is -0.187. The second-order valence-corrected chi connectivity index (χ2v) is 1.92. The summed E-state index contributed by atoms with van der Waals surface area (Å²) in [6, 6.07) is 0. The van der Waals surface area contributed by atoms with Crippen LogP contribution >= 0.6 is 0 Å². The van der Waals surface area contributed by atoms with Crippen LogP contribution in [0.15, 0.2) is 0 Å². The predicted molar refractivity (Wildman–Crippen MR) is 42.0 cm³/mol. The Hall–Kier alpha value is -1.43. The lowest BCUT2D eigenvalue weighted by atomic mass is 10.7. The number of carboxylic acids is 1. The number of esters is 2. The topological polar surface area (TPSA) is 89.9 Å². The van der Waals surface area contributed by atoms with Gasteiger partial charge in [0.1, 0.15) is 6.61 Å². The molecule has 1 N–H and O–H groups in total. The van der Waals surface area contributed by atoms with E-state index >= 15 is 0 Å². The molecule has 0 heterocycles. The van der Waals surface area contributed by atoms with Crippen LogP contribution in [-0.2, 0) is 23.9 Å². The van der Waals surface area contributed by atoms with Crippen molar-refractivity contribution in [2.75, 3.05) is 13.7 Å². The maximum absolute atomic E-state index is 10.3. The molecule has 0 radical (unpaired) electrons. The average Bonchev–Trinajstić information content (AvgIpc) is 1.83. The van der Waals surface area contributed by atoms with Crippen LogP contribution in [0.2, 0.25) is 0 Å². The van der Waals surface area contributed by atoms with Crippen LogP contribution in [0.25, 0.3) is 0 Å². The number of aliphatic carboxylic acids is 1. The monoisotopic (exact) mass is 192 g/mol. The molecule has 0 spiro atoms. The van der Waals surface area contributed by atoms with Gasteiger partial charge in [0.15, 0.2) is 0 Å². The number of carbonyl (C=O) groups is 3. The van der Waals surface area contributed by atoms with Crippen LogP contribution in [0.1, 0.15) is 13.8 Å². The molecular weight excluding hydrogens is 180 g/mol. The SMILES string of the molecule is CC(=O)O.COCC(=O)OC(C)=O. The molecule has 0 saturated heterocycles. The van der Waals surface area contributed by atoms with Gasteiger partial charge < -0.3 is 14.6 Å². The second-order valence-electron chi connectivity index (χ2n) is 1.92. The third kappa shape index (κ3) is 25.0. The lowest BCUT2D eigenvalue weighted by Gasteiger charge is -1.95. The zero-order chi connectivity index (χ0) is 10.9. The molecule has 0 aliphatic heterocycles. The third-order valence-corrected chi connectivity index (χ3v) is 0.520. The smallest absolute Gasteiger partial charge is 0.339 e. The summed E-state index contributed by atoms with van der Waals surface area (Å²) in [5.74, 6) is -2.11. The number of methoxy groups -OCH3 is 1. The van der Waals surface area contributed by atoms with E-state index in [-0.39, 0.29) is 6.61 Å². The Morgan fingerprint density at radius 3 is 1.85 bits per heavy atom. The maximum Gasteiger partial charge on any atom is 0.339 e. The minimum absolute atomic E-state index is 0.181. The first kappa shape index (κ1) is 14.1. The highest BCUT2D eigenvalue weighted by molar-refractivity contribution is 5.84. The molecule has 13 heavy (non-hydrogen) atoms. The van der Waals surface area contributed by atoms with E-state index in [1.807, 2.05) is 0 Å². The summed E-state index contributed by atoms with van der Waals surface area (Å²) in [7, 11) is 1.35. The van der Waals surface area contributed by atoms with Crippen molar-refractivity contribution in [3.05, 3.63) is 0 Å². The molecule has 0 fully saturated rings. The quantitative estimate of drug-likeness (QED) is 0.482. The molecule has 0 bridgehead atoms. The van der Waals surface area contributed by atoms with E-state index in [9.17, 15) is 9.59 Å². The van der Waals surface area contributed by atoms with Gasteiger partial charge in [-0.2, -0.15) is 0 Å². The fraction of sp³-hybridized carbons (Fsp3) is 0.571. The van der Waals surface area contributed by atoms with Gasteiger partial charge in [-0.3, -0.25) is 9.59 Å². The molecule has 6 nitrogen and oxygen atoms in total. The van der Waals surface area contributed by atoms with Gasteiger partial charge in [-0.1, -0.05) is 0 Å². The van der Waals surface area contributed by atoms with Crippen molar-refractivity contribution >= 4 is 17.9 Å². The van der Waals surface area contributed by atoms with E-state index in [0.717, 1.165) is 13.8 Å². The minimum atomic E-state index is -0.833. The Bertz CT molecular complexity index is 181. The van der Waals surface area contributed by atoms with Gasteiger partial charge in [0, 0.05) is 21.0 Å². The summed E-state index contributed by atoms with van der Waals surface area (Å²) in [6.45, 7) is 2.06. The lowest BCUT2D eigenvalue weighted by Crippen LogP contribution is -2.13. The number of carbonyl (C=O) groups excluding carboxylic acids is 2. The molecule has 0 aliphatic rings. The van der Waals surface area contributed by atoms with Crippen molar-refractivity contribution in [1.29, 1.82) is 0 Å². The van der Waals surface area contributed by atoms with Crippen LogP contribution < -0.4 is 0 Å². The van der Waals surface area contributed by atoms with Crippen molar-refractivity contribution in [3.63, 3.8) is 0 Å². The van der Waals surface area contributed by atoms with Gasteiger partial charge in [-0.05, 0) is 0 Å². The second kappa shape index (κ2) is 8.66. The Balaban J connectivity index is 0. The fourth-order valence-electron chi connectivity index (χ4n) is 0.308. The van der Waals surface area contributed by atoms with Crippen molar-refractivity contribution in [3.8, 4) is 0 Å². The van der Waals surface area contributed by atoms with Gasteiger partial charge in [-0.25, -0.2) is 4.79 Å². The lowest BCUT2D eigenvalue weighted by molar-refractivity contribution is -0.160. The summed E-state index contributed by atoms with van der Waals surface area (Å²) in [6.07, 6.45) is 0. The molecule has 0 unspecified atom stereocenters. The maximum atomic E-state index is 10.3. The zero-order valence-corrected chi connectivity index (χ0v) is 7.70. The first-order valence-corrected chi connectivity index (χ1v) is 3.29. The summed E-state index contributed by atoms with van der Waals surface area (Å²) < 4.78 is 8.47. The Labute approximate surface area is 75.4 Å². The van der Waals surface area contributed by atoms with E-state index in [4.69, 9.17) is 9.90 Å². The van der Waals surface area contributed by atoms with Crippen molar-refractivity contribution in [2.24, 2.45) is 0 Å². The molecular formula is C7H12O6. The highest BCUT2D eigenvalue weighted by atomic mass is 16.6. The van der Waals surface area contributed by atoms with E-state index in [1.165, 1.54) is 7.11 Å².